The van der Waals surface area contributed by atoms with Gasteiger partial charge in [0.1, 0.15) is 18.1 Å². The van der Waals surface area contributed by atoms with E-state index in [0.29, 0.717) is 16.7 Å². The maximum atomic E-state index is 13.2. The summed E-state index contributed by atoms with van der Waals surface area (Å²) in [6.45, 7) is 1.58. The van der Waals surface area contributed by atoms with Crippen LogP contribution in [0.1, 0.15) is 5.76 Å². The van der Waals surface area contributed by atoms with Crippen LogP contribution >= 0.6 is 0 Å². The summed E-state index contributed by atoms with van der Waals surface area (Å²) < 4.78 is 45.9. The minimum Gasteiger partial charge on any atom is -0.360 e. The SMILES string of the molecule is Cc1cc(NC(=O)Cn2cc(S(=O)(=O)c3ccc(F)cc3)c3ccccc32)no1. The lowest BCUT2D eigenvalue weighted by molar-refractivity contribution is -0.116. The van der Waals surface area contributed by atoms with E-state index in [1.54, 1.807) is 41.8 Å². The lowest BCUT2D eigenvalue weighted by Crippen LogP contribution is -2.18. The van der Waals surface area contributed by atoms with Crippen LogP contribution in [0.2, 0.25) is 0 Å². The van der Waals surface area contributed by atoms with E-state index in [9.17, 15) is 17.6 Å². The van der Waals surface area contributed by atoms with E-state index in [4.69, 9.17) is 4.52 Å². The Kier molecular flexibility index (Phi) is 4.67. The molecule has 4 aromatic rings. The average molecular weight is 413 g/mol. The lowest BCUT2D eigenvalue weighted by atomic mass is 10.2. The van der Waals surface area contributed by atoms with Crippen molar-refractivity contribution >= 4 is 32.5 Å². The Hall–Kier alpha value is -3.46. The highest BCUT2D eigenvalue weighted by molar-refractivity contribution is 7.91. The summed E-state index contributed by atoms with van der Waals surface area (Å²) in [6.07, 6.45) is 1.41. The molecule has 148 valence electrons. The van der Waals surface area contributed by atoms with Crippen LogP contribution in [0, 0.1) is 12.7 Å². The molecule has 1 amide bonds. The van der Waals surface area contributed by atoms with Crippen molar-refractivity contribution in [1.29, 1.82) is 0 Å². The standard InChI is InChI=1S/C20H16FN3O4S/c1-13-10-19(23-28-13)22-20(25)12-24-11-18(16-4-2-3-5-17(16)24)29(26,27)15-8-6-14(21)7-9-15/h2-11H,12H2,1H3,(H,22,23,25). The Labute approximate surface area is 165 Å². The van der Waals surface area contributed by atoms with Crippen molar-refractivity contribution in [2.24, 2.45) is 0 Å². The first-order valence-corrected chi connectivity index (χ1v) is 10.1. The number of amides is 1. The second kappa shape index (κ2) is 7.17. The first kappa shape index (κ1) is 18.9. The van der Waals surface area contributed by atoms with Gasteiger partial charge in [-0.2, -0.15) is 0 Å². The monoisotopic (exact) mass is 413 g/mol. The number of rotatable bonds is 5. The first-order chi connectivity index (χ1) is 13.8. The molecule has 0 aliphatic heterocycles. The molecule has 0 saturated carbocycles. The predicted molar refractivity (Wildman–Crippen MR) is 104 cm³/mol. The first-order valence-electron chi connectivity index (χ1n) is 8.66. The second-order valence-corrected chi connectivity index (χ2v) is 8.38. The zero-order valence-corrected chi connectivity index (χ0v) is 16.1. The zero-order chi connectivity index (χ0) is 20.6. The van der Waals surface area contributed by atoms with Crippen LogP contribution in [0.15, 0.2) is 75.1 Å². The molecule has 2 heterocycles. The van der Waals surface area contributed by atoms with Crippen molar-refractivity contribution in [3.63, 3.8) is 0 Å². The van der Waals surface area contributed by atoms with Crippen LogP contribution in [0.3, 0.4) is 0 Å². The number of aromatic nitrogens is 2. The molecular formula is C20H16FN3O4S. The number of fused-ring (bicyclic) bond motifs is 1. The fourth-order valence-electron chi connectivity index (χ4n) is 3.06. The van der Waals surface area contributed by atoms with E-state index in [1.807, 2.05) is 0 Å². The molecule has 2 aromatic carbocycles. The Morgan fingerprint density at radius 1 is 1.17 bits per heavy atom. The van der Waals surface area contributed by atoms with Crippen LogP contribution in [0.5, 0.6) is 0 Å². The number of hydrogen-bond acceptors (Lipinski definition) is 5. The van der Waals surface area contributed by atoms with Crippen molar-refractivity contribution in [3.8, 4) is 0 Å². The molecule has 7 nitrogen and oxygen atoms in total. The van der Waals surface area contributed by atoms with Gasteiger partial charge in [-0.15, -0.1) is 0 Å². The number of anilines is 1. The summed E-state index contributed by atoms with van der Waals surface area (Å²) in [6, 6.07) is 13.1. The third-order valence-corrected chi connectivity index (χ3v) is 6.17. The van der Waals surface area contributed by atoms with Gasteiger partial charge in [0.2, 0.25) is 15.7 Å². The minimum atomic E-state index is -3.90. The number of benzene rings is 2. The molecule has 0 radical (unpaired) electrons. The summed E-state index contributed by atoms with van der Waals surface area (Å²) in [5.74, 6) is -0.0709. The molecular weight excluding hydrogens is 397 g/mol. The Bertz CT molecular complexity index is 1310. The van der Waals surface area contributed by atoms with Gasteiger partial charge in [-0.1, -0.05) is 23.4 Å². The van der Waals surface area contributed by atoms with Gasteiger partial charge in [-0.25, -0.2) is 12.8 Å². The summed E-state index contributed by atoms with van der Waals surface area (Å²) in [5, 5.41) is 6.79. The van der Waals surface area contributed by atoms with E-state index in [1.165, 1.54) is 18.3 Å². The molecule has 0 saturated heterocycles. The summed E-state index contributed by atoms with van der Waals surface area (Å²) in [7, 11) is -3.90. The Morgan fingerprint density at radius 3 is 2.59 bits per heavy atom. The highest BCUT2D eigenvalue weighted by Crippen LogP contribution is 2.30. The van der Waals surface area contributed by atoms with Crippen LogP contribution in [-0.2, 0) is 21.2 Å². The molecule has 2 aromatic heterocycles. The number of carbonyl (C=O) groups is 1. The maximum absolute atomic E-state index is 13.2. The topological polar surface area (TPSA) is 94.2 Å². The van der Waals surface area contributed by atoms with Crippen LogP contribution in [-0.4, -0.2) is 24.0 Å². The third kappa shape index (κ3) is 3.64. The summed E-state index contributed by atoms with van der Waals surface area (Å²) in [4.78, 5) is 12.4. The van der Waals surface area contributed by atoms with Gasteiger partial charge in [0.05, 0.1) is 9.79 Å². The highest BCUT2D eigenvalue weighted by atomic mass is 32.2. The predicted octanol–water partition coefficient (Wildman–Crippen LogP) is 3.55. The van der Waals surface area contributed by atoms with Crippen molar-refractivity contribution < 1.29 is 22.1 Å². The Balaban J connectivity index is 1.71. The molecule has 0 unspecified atom stereocenters. The van der Waals surface area contributed by atoms with Crippen molar-refractivity contribution in [3.05, 3.63) is 72.4 Å². The van der Waals surface area contributed by atoms with Crippen LogP contribution in [0.25, 0.3) is 10.9 Å². The lowest BCUT2D eigenvalue weighted by Gasteiger charge is -2.04. The number of para-hydroxylation sites is 1. The molecule has 29 heavy (non-hydrogen) atoms. The van der Waals surface area contributed by atoms with Crippen molar-refractivity contribution in [1.82, 2.24) is 9.72 Å². The number of hydrogen-bond donors (Lipinski definition) is 1. The molecule has 0 fully saturated rings. The molecule has 0 aliphatic carbocycles. The largest absolute Gasteiger partial charge is 0.360 e. The van der Waals surface area contributed by atoms with E-state index in [2.05, 4.69) is 10.5 Å². The number of nitrogens with zero attached hydrogens (tertiary/aromatic N) is 2. The zero-order valence-electron chi connectivity index (χ0n) is 15.3. The third-order valence-electron chi connectivity index (χ3n) is 4.37. The smallest absolute Gasteiger partial charge is 0.245 e. The molecule has 1 N–H and O–H groups in total. The fraction of sp³-hybridized carbons (Fsp3) is 0.100. The van der Waals surface area contributed by atoms with E-state index < -0.39 is 15.7 Å². The number of halogens is 1. The number of nitrogens with one attached hydrogen (secondary N) is 1. The van der Waals surface area contributed by atoms with Gasteiger partial charge in [0.25, 0.3) is 0 Å². The Morgan fingerprint density at radius 2 is 1.90 bits per heavy atom. The number of aryl methyl sites for hydroxylation is 1. The number of sulfone groups is 1. The second-order valence-electron chi connectivity index (χ2n) is 6.47. The summed E-state index contributed by atoms with van der Waals surface area (Å²) in [5.41, 5.74) is 0.583. The van der Waals surface area contributed by atoms with E-state index in [0.717, 1.165) is 12.1 Å². The maximum Gasteiger partial charge on any atom is 0.245 e. The van der Waals surface area contributed by atoms with Gasteiger partial charge >= 0.3 is 0 Å². The molecule has 0 spiro atoms. The van der Waals surface area contributed by atoms with Gasteiger partial charge in [-0.3, -0.25) is 4.79 Å². The van der Waals surface area contributed by atoms with Crippen molar-refractivity contribution in [2.75, 3.05) is 5.32 Å². The molecule has 4 rings (SSSR count). The average Bonchev–Trinajstić information content (AvgIpc) is 3.26. The van der Waals surface area contributed by atoms with Gasteiger partial charge in [0.15, 0.2) is 5.82 Å². The van der Waals surface area contributed by atoms with Gasteiger partial charge in [0, 0.05) is 23.2 Å². The van der Waals surface area contributed by atoms with E-state index in [-0.39, 0.29) is 28.1 Å². The quantitative estimate of drug-likeness (QED) is 0.505. The van der Waals surface area contributed by atoms with Crippen LogP contribution in [0.4, 0.5) is 10.2 Å². The fourth-order valence-corrected chi connectivity index (χ4v) is 4.54. The normalized spacial score (nSPS) is 11.7. The van der Waals surface area contributed by atoms with E-state index >= 15 is 0 Å². The molecule has 0 bridgehead atoms. The van der Waals surface area contributed by atoms with Gasteiger partial charge < -0.3 is 14.4 Å². The van der Waals surface area contributed by atoms with Crippen molar-refractivity contribution in [2.45, 2.75) is 23.3 Å². The highest BCUT2D eigenvalue weighted by Gasteiger charge is 2.24. The summed E-state index contributed by atoms with van der Waals surface area (Å²) >= 11 is 0. The molecule has 0 atom stereocenters. The van der Waals surface area contributed by atoms with Gasteiger partial charge in [-0.05, 0) is 37.3 Å². The molecule has 0 aliphatic rings. The number of carbonyl (C=O) groups excluding carboxylic acids is 1. The minimum absolute atomic E-state index is 0.0238. The van der Waals surface area contributed by atoms with Crippen LogP contribution < -0.4 is 5.32 Å². The molecule has 9 heteroatoms.